The van der Waals surface area contributed by atoms with E-state index in [0.29, 0.717) is 38.0 Å². The van der Waals surface area contributed by atoms with Crippen molar-refractivity contribution in [3.63, 3.8) is 0 Å². The summed E-state index contributed by atoms with van der Waals surface area (Å²) in [4.78, 5) is 41.7. The lowest BCUT2D eigenvalue weighted by Gasteiger charge is -2.30. The van der Waals surface area contributed by atoms with E-state index in [4.69, 9.17) is 15.7 Å². The molecule has 1 aromatic carbocycles. The highest BCUT2D eigenvalue weighted by molar-refractivity contribution is 5.93. The fourth-order valence-electron chi connectivity index (χ4n) is 5.88. The van der Waals surface area contributed by atoms with Crippen molar-refractivity contribution < 1.29 is 9.59 Å². The molecule has 2 saturated heterocycles. The summed E-state index contributed by atoms with van der Waals surface area (Å²) >= 11 is 0. The Hall–Kier alpha value is -4.03. The highest BCUT2D eigenvalue weighted by Gasteiger charge is 2.25. The predicted molar refractivity (Wildman–Crippen MR) is 178 cm³/mol. The van der Waals surface area contributed by atoms with E-state index in [1.807, 2.05) is 60.4 Å². The number of rotatable bonds is 10. The van der Waals surface area contributed by atoms with Gasteiger partial charge in [0.15, 0.2) is 5.65 Å². The summed E-state index contributed by atoms with van der Waals surface area (Å²) in [5.74, 6) is 1.46. The Morgan fingerprint density at radius 1 is 1.09 bits per heavy atom. The minimum Gasteiger partial charge on any atom is -0.350 e. The molecule has 242 valence electrons. The molecule has 45 heavy (non-hydrogen) atoms. The van der Waals surface area contributed by atoms with Crippen LogP contribution in [0.3, 0.4) is 0 Å². The first-order valence-electron chi connectivity index (χ1n) is 16.2. The van der Waals surface area contributed by atoms with Gasteiger partial charge >= 0.3 is 0 Å². The molecule has 0 radical (unpaired) electrons. The number of amides is 2. The summed E-state index contributed by atoms with van der Waals surface area (Å²) < 4.78 is 1.78. The maximum Gasteiger partial charge on any atom is 0.246 e. The highest BCUT2D eigenvalue weighted by atomic mass is 16.2. The molecule has 2 aliphatic rings. The molecule has 12 nitrogen and oxygen atoms in total. The Kier molecular flexibility index (Phi) is 10.7. The van der Waals surface area contributed by atoms with Crippen molar-refractivity contribution in [2.75, 3.05) is 62.4 Å². The Morgan fingerprint density at radius 3 is 2.64 bits per heavy atom. The topological polar surface area (TPSA) is 137 Å². The second kappa shape index (κ2) is 14.8. The van der Waals surface area contributed by atoms with Gasteiger partial charge in [0.05, 0.1) is 6.20 Å². The van der Waals surface area contributed by atoms with Crippen LogP contribution in [0.5, 0.6) is 0 Å². The largest absolute Gasteiger partial charge is 0.350 e. The average Bonchev–Trinajstić information content (AvgIpc) is 3.29. The lowest BCUT2D eigenvalue weighted by atomic mass is 9.99. The Morgan fingerprint density at radius 2 is 1.89 bits per heavy atom. The van der Waals surface area contributed by atoms with Gasteiger partial charge in [-0.15, -0.1) is 0 Å². The normalized spacial score (nSPS) is 18.2. The van der Waals surface area contributed by atoms with Crippen LogP contribution >= 0.6 is 0 Å². The molecule has 2 amide bonds. The lowest BCUT2D eigenvalue weighted by Crippen LogP contribution is -2.40. The Labute approximate surface area is 266 Å². The number of piperidine rings is 1. The molecule has 1 atom stereocenters. The van der Waals surface area contributed by atoms with E-state index in [1.54, 1.807) is 10.6 Å². The number of fused-ring (bicyclic) bond motifs is 1. The molecule has 2 aromatic heterocycles. The van der Waals surface area contributed by atoms with Crippen molar-refractivity contribution in [3.8, 4) is 0 Å². The summed E-state index contributed by atoms with van der Waals surface area (Å²) in [5, 5.41) is 11.2. The van der Waals surface area contributed by atoms with E-state index < -0.39 is 0 Å². The third kappa shape index (κ3) is 8.37. The molecule has 2 aliphatic heterocycles. The van der Waals surface area contributed by atoms with Gasteiger partial charge in [0.2, 0.25) is 23.7 Å². The predicted octanol–water partition coefficient (Wildman–Crippen LogP) is 3.47. The van der Waals surface area contributed by atoms with E-state index in [2.05, 4.69) is 34.5 Å². The first-order chi connectivity index (χ1) is 21.7. The number of anilines is 3. The van der Waals surface area contributed by atoms with Crippen LogP contribution < -0.4 is 21.3 Å². The van der Waals surface area contributed by atoms with Gasteiger partial charge in [0, 0.05) is 68.6 Å². The number of nitrogens with two attached hydrogens (primary N) is 1. The first kappa shape index (κ1) is 32.4. The maximum atomic E-state index is 13.3. The summed E-state index contributed by atoms with van der Waals surface area (Å²) in [6.07, 6.45) is 9.45. The summed E-state index contributed by atoms with van der Waals surface area (Å²) in [6, 6.07) is 8.09. The molecule has 0 aliphatic carbocycles. The van der Waals surface area contributed by atoms with Gasteiger partial charge < -0.3 is 31.1 Å². The molecule has 4 N–H and O–H groups in total. The zero-order valence-corrected chi connectivity index (χ0v) is 27.1. The summed E-state index contributed by atoms with van der Waals surface area (Å²) in [5.41, 5.74) is 9.79. The van der Waals surface area contributed by atoms with Crippen LogP contribution in [0.2, 0.25) is 0 Å². The van der Waals surface area contributed by atoms with Crippen molar-refractivity contribution in [2.45, 2.75) is 64.5 Å². The molecule has 0 spiro atoms. The van der Waals surface area contributed by atoms with E-state index in [0.717, 1.165) is 67.8 Å². The highest BCUT2D eigenvalue weighted by Crippen LogP contribution is 2.25. The number of hydrogen-bond acceptors (Lipinski definition) is 9. The minimum atomic E-state index is -0.137. The second-order valence-corrected chi connectivity index (χ2v) is 12.8. The van der Waals surface area contributed by atoms with Crippen LogP contribution in [0.15, 0.2) is 42.6 Å². The number of nitrogens with zero attached hydrogens (tertiary/aromatic N) is 7. The molecular weight excluding hydrogens is 568 g/mol. The van der Waals surface area contributed by atoms with Crippen LogP contribution in [0.1, 0.15) is 63.0 Å². The number of nitrogens with one attached hydrogen (secondary N) is 2. The molecule has 2 fully saturated rings. The third-order valence-corrected chi connectivity index (χ3v) is 8.61. The van der Waals surface area contributed by atoms with Gasteiger partial charge in [-0.1, -0.05) is 32.1 Å². The van der Waals surface area contributed by atoms with E-state index in [-0.39, 0.29) is 29.7 Å². The zero-order valence-electron chi connectivity index (χ0n) is 27.1. The van der Waals surface area contributed by atoms with E-state index in [9.17, 15) is 9.59 Å². The van der Waals surface area contributed by atoms with Gasteiger partial charge in [-0.25, -0.2) is 0 Å². The number of likely N-dealkylation sites (tertiary alicyclic amines) is 1. The Balaban J connectivity index is 1.23. The molecule has 0 saturated carbocycles. The smallest absolute Gasteiger partial charge is 0.246 e. The summed E-state index contributed by atoms with van der Waals surface area (Å²) in [6.45, 7) is 8.41. The van der Waals surface area contributed by atoms with Crippen molar-refractivity contribution in [1.29, 1.82) is 0 Å². The SMILES string of the molecule is CC(C)c1cnn2c(NCc3cccc(NC(=O)C4CCCN(C(=O)/C=C/CN(C)C)CC4)c3)nc(N3CCC(N)CC3)nc12. The van der Waals surface area contributed by atoms with Crippen LogP contribution in [-0.2, 0) is 16.1 Å². The van der Waals surface area contributed by atoms with Gasteiger partial charge in [-0.2, -0.15) is 19.6 Å². The average molecular weight is 617 g/mol. The number of benzene rings is 1. The van der Waals surface area contributed by atoms with Gasteiger partial charge in [0.1, 0.15) is 0 Å². The molecule has 0 bridgehead atoms. The molecular formula is C33H48N10O2. The van der Waals surface area contributed by atoms with Gasteiger partial charge in [-0.05, 0) is 69.8 Å². The van der Waals surface area contributed by atoms with Crippen LogP contribution in [0.25, 0.3) is 5.65 Å². The zero-order chi connectivity index (χ0) is 31.9. The molecule has 4 heterocycles. The quantitative estimate of drug-likeness (QED) is 0.293. The van der Waals surface area contributed by atoms with Gasteiger partial charge in [0.25, 0.3) is 0 Å². The van der Waals surface area contributed by atoms with Crippen LogP contribution in [0, 0.1) is 5.92 Å². The minimum absolute atomic E-state index is 0.00119. The second-order valence-electron chi connectivity index (χ2n) is 12.8. The van der Waals surface area contributed by atoms with E-state index in [1.165, 1.54) is 0 Å². The fourth-order valence-corrected chi connectivity index (χ4v) is 5.88. The number of aromatic nitrogens is 4. The van der Waals surface area contributed by atoms with Gasteiger partial charge in [-0.3, -0.25) is 9.59 Å². The molecule has 12 heteroatoms. The molecule has 3 aromatic rings. The maximum absolute atomic E-state index is 13.3. The van der Waals surface area contributed by atoms with Crippen molar-refractivity contribution in [3.05, 3.63) is 53.7 Å². The standard InChI is InChI=1S/C33H48N10O2/c1-23(2)28-22-36-43-30(28)38-33(42-18-13-26(34)14-19-42)39-32(43)35-21-24-8-5-10-27(20-24)37-31(45)25-9-6-16-41(17-12-25)29(44)11-7-15-40(3)4/h5,7-8,10-11,20,22-23,25-26H,6,9,12-19,21,34H2,1-4H3,(H,37,45)(H,35,38,39)/b11-7+. The van der Waals surface area contributed by atoms with Crippen molar-refractivity contribution >= 4 is 35.0 Å². The van der Waals surface area contributed by atoms with Crippen molar-refractivity contribution in [2.24, 2.45) is 11.7 Å². The van der Waals surface area contributed by atoms with Crippen molar-refractivity contribution in [1.82, 2.24) is 29.4 Å². The molecule has 5 rings (SSSR count). The van der Waals surface area contributed by atoms with E-state index >= 15 is 0 Å². The number of carbonyl (C=O) groups excluding carboxylic acids is 2. The monoisotopic (exact) mass is 616 g/mol. The lowest BCUT2D eigenvalue weighted by molar-refractivity contribution is -0.126. The first-order valence-corrected chi connectivity index (χ1v) is 16.2. The third-order valence-electron chi connectivity index (χ3n) is 8.61. The molecule has 1 unspecified atom stereocenters. The number of likely N-dealkylation sites (N-methyl/N-ethyl adjacent to an activating group) is 1. The number of hydrogen-bond donors (Lipinski definition) is 3. The van der Waals surface area contributed by atoms with Crippen LogP contribution in [-0.4, -0.2) is 94.1 Å². The van der Waals surface area contributed by atoms with Crippen LogP contribution in [0.4, 0.5) is 17.6 Å². The number of carbonyl (C=O) groups is 2. The Bertz CT molecular complexity index is 1490. The fraction of sp³-hybridized carbons (Fsp3) is 0.545. The summed E-state index contributed by atoms with van der Waals surface area (Å²) in [7, 11) is 3.94.